The van der Waals surface area contributed by atoms with Gasteiger partial charge in [0.25, 0.3) is 0 Å². The van der Waals surface area contributed by atoms with Gasteiger partial charge in [-0.1, -0.05) is 35.9 Å². The number of nitrogens with zero attached hydrogens (tertiary/aromatic N) is 2. The highest BCUT2D eigenvalue weighted by Crippen LogP contribution is 2.29. The smallest absolute Gasteiger partial charge is 0.0951 e. The molecule has 0 N–H and O–H groups in total. The summed E-state index contributed by atoms with van der Waals surface area (Å²) in [5.74, 6) is 0. The van der Waals surface area contributed by atoms with Crippen LogP contribution in [-0.2, 0) is 6.42 Å². The lowest BCUT2D eigenvalue weighted by molar-refractivity contribution is 0.272. The van der Waals surface area contributed by atoms with Crippen LogP contribution in [0.5, 0.6) is 0 Å². The molecular weight excluding hydrogens is 312 g/mol. The monoisotopic (exact) mass is 336 g/mol. The average Bonchev–Trinajstić information content (AvgIpc) is 3.17. The van der Waals surface area contributed by atoms with Crippen LogP contribution in [-0.4, -0.2) is 29.0 Å². The molecule has 1 fully saturated rings. The van der Waals surface area contributed by atoms with Gasteiger partial charge in [-0.15, -0.1) is 11.3 Å². The predicted molar refractivity (Wildman–Crippen MR) is 104 cm³/mol. The van der Waals surface area contributed by atoms with Crippen LogP contribution in [0.2, 0.25) is 0 Å². The number of hydrogen-bond acceptors (Lipinski definition) is 3. The number of thiazole rings is 1. The van der Waals surface area contributed by atoms with Crippen molar-refractivity contribution in [1.29, 1.82) is 0 Å². The van der Waals surface area contributed by atoms with E-state index < -0.39 is 0 Å². The highest BCUT2D eigenvalue weighted by Gasteiger charge is 2.20. The lowest BCUT2D eigenvalue weighted by atomic mass is 10.0. The Kier molecular flexibility index (Phi) is 4.38. The van der Waals surface area contributed by atoms with Crippen LogP contribution in [0.3, 0.4) is 0 Å². The van der Waals surface area contributed by atoms with Crippen LogP contribution < -0.4 is 0 Å². The Labute approximate surface area is 148 Å². The fourth-order valence-electron chi connectivity index (χ4n) is 3.65. The van der Waals surface area contributed by atoms with Crippen molar-refractivity contribution in [1.82, 2.24) is 9.88 Å². The van der Waals surface area contributed by atoms with Crippen LogP contribution >= 0.6 is 11.3 Å². The normalized spacial score (nSPS) is 18.5. The fourth-order valence-corrected chi connectivity index (χ4v) is 4.59. The van der Waals surface area contributed by atoms with Crippen LogP contribution in [0.4, 0.5) is 0 Å². The van der Waals surface area contributed by atoms with Gasteiger partial charge < -0.3 is 4.90 Å². The number of aryl methyl sites for hydroxylation is 1. The molecule has 2 nitrogen and oxygen atoms in total. The zero-order chi connectivity index (χ0) is 16.5. The first-order chi connectivity index (χ1) is 11.7. The molecule has 1 atom stereocenters. The summed E-state index contributed by atoms with van der Waals surface area (Å²) in [4.78, 5) is 7.50. The van der Waals surface area contributed by atoms with Crippen LogP contribution in [0.25, 0.3) is 21.3 Å². The molecular formula is C21H24N2S. The Hall–Kier alpha value is -1.71. The van der Waals surface area contributed by atoms with Gasteiger partial charge in [-0.2, -0.15) is 0 Å². The first kappa shape index (κ1) is 15.8. The van der Waals surface area contributed by atoms with Crippen molar-refractivity contribution in [3.8, 4) is 11.1 Å². The van der Waals surface area contributed by atoms with Crippen LogP contribution in [0.15, 0.2) is 42.5 Å². The summed E-state index contributed by atoms with van der Waals surface area (Å²) in [5.41, 5.74) is 4.98. The Morgan fingerprint density at radius 3 is 2.83 bits per heavy atom. The lowest BCUT2D eigenvalue weighted by Gasteiger charge is -2.19. The topological polar surface area (TPSA) is 16.1 Å². The molecule has 0 saturated carbocycles. The number of likely N-dealkylation sites (tertiary alicyclic amines) is 1. The first-order valence-corrected chi connectivity index (χ1v) is 9.71. The van der Waals surface area contributed by atoms with Crippen molar-refractivity contribution in [3.05, 3.63) is 53.0 Å². The Balaban J connectivity index is 1.55. The van der Waals surface area contributed by atoms with Gasteiger partial charge in [0.15, 0.2) is 0 Å². The molecule has 0 radical (unpaired) electrons. The van der Waals surface area contributed by atoms with E-state index in [0.29, 0.717) is 0 Å². The van der Waals surface area contributed by atoms with Gasteiger partial charge in [-0.05, 0) is 56.5 Å². The highest BCUT2D eigenvalue weighted by atomic mass is 32.1. The molecule has 0 spiro atoms. The Morgan fingerprint density at radius 1 is 1.17 bits per heavy atom. The van der Waals surface area contributed by atoms with Gasteiger partial charge in [0.05, 0.1) is 15.2 Å². The molecule has 4 rings (SSSR count). The fraction of sp³-hybridized carbons (Fsp3) is 0.381. The molecule has 1 unspecified atom stereocenters. The quantitative estimate of drug-likeness (QED) is 0.643. The van der Waals surface area contributed by atoms with Crippen molar-refractivity contribution in [2.24, 2.45) is 0 Å². The standard InChI is InChI=1S/C21H24N2S/c1-15-5-3-7-17(13-15)18-8-9-20-19(14-18)22-21(24-20)10-12-23-11-4-6-16(23)2/h3,5,7-9,13-14,16H,4,6,10-12H2,1-2H3. The Morgan fingerprint density at radius 2 is 2.04 bits per heavy atom. The molecule has 3 aromatic rings. The third-order valence-electron chi connectivity index (χ3n) is 5.09. The molecule has 2 aromatic carbocycles. The molecule has 1 aromatic heterocycles. The van der Waals surface area contributed by atoms with E-state index in [-0.39, 0.29) is 0 Å². The second kappa shape index (κ2) is 6.66. The van der Waals surface area contributed by atoms with E-state index in [0.717, 1.165) is 24.5 Å². The summed E-state index contributed by atoms with van der Waals surface area (Å²) >= 11 is 1.85. The van der Waals surface area contributed by atoms with Crippen molar-refractivity contribution in [2.45, 2.75) is 39.2 Å². The van der Waals surface area contributed by atoms with Crippen molar-refractivity contribution in [3.63, 3.8) is 0 Å². The molecule has 124 valence electrons. The molecule has 2 heterocycles. The molecule has 1 aliphatic heterocycles. The molecule has 0 bridgehead atoms. The van der Waals surface area contributed by atoms with Crippen molar-refractivity contribution in [2.75, 3.05) is 13.1 Å². The highest BCUT2D eigenvalue weighted by molar-refractivity contribution is 7.18. The number of rotatable bonds is 4. The molecule has 0 amide bonds. The van der Waals surface area contributed by atoms with Gasteiger partial charge >= 0.3 is 0 Å². The maximum atomic E-state index is 4.90. The zero-order valence-electron chi connectivity index (χ0n) is 14.5. The number of benzene rings is 2. The van der Waals surface area contributed by atoms with Gasteiger partial charge in [-0.3, -0.25) is 0 Å². The third kappa shape index (κ3) is 3.24. The summed E-state index contributed by atoms with van der Waals surface area (Å²) in [6.45, 7) is 6.89. The zero-order valence-corrected chi connectivity index (χ0v) is 15.3. The van der Waals surface area contributed by atoms with E-state index in [1.54, 1.807) is 0 Å². The minimum atomic E-state index is 0.743. The SMILES string of the molecule is Cc1cccc(-c2ccc3sc(CCN4CCCC4C)nc3c2)c1. The third-order valence-corrected chi connectivity index (χ3v) is 6.18. The number of aromatic nitrogens is 1. The molecule has 3 heteroatoms. The van der Waals surface area contributed by atoms with Gasteiger partial charge in [0, 0.05) is 19.0 Å². The minimum absolute atomic E-state index is 0.743. The second-order valence-corrected chi connectivity index (χ2v) is 8.05. The van der Waals surface area contributed by atoms with Crippen LogP contribution in [0.1, 0.15) is 30.3 Å². The molecule has 0 aliphatic carbocycles. The Bertz CT molecular complexity index is 852. The minimum Gasteiger partial charge on any atom is -0.300 e. The van der Waals surface area contributed by atoms with Crippen molar-refractivity contribution < 1.29 is 0 Å². The van der Waals surface area contributed by atoms with Crippen molar-refractivity contribution >= 4 is 21.6 Å². The summed E-state index contributed by atoms with van der Waals surface area (Å²) in [7, 11) is 0. The predicted octanol–water partition coefficient (Wildman–Crippen LogP) is 5.30. The maximum Gasteiger partial charge on any atom is 0.0951 e. The first-order valence-electron chi connectivity index (χ1n) is 8.89. The number of hydrogen-bond donors (Lipinski definition) is 0. The lowest BCUT2D eigenvalue weighted by Crippen LogP contribution is -2.28. The van der Waals surface area contributed by atoms with E-state index in [4.69, 9.17) is 4.98 Å². The average molecular weight is 337 g/mol. The second-order valence-electron chi connectivity index (χ2n) is 6.94. The van der Waals surface area contributed by atoms with E-state index >= 15 is 0 Å². The van der Waals surface area contributed by atoms with Gasteiger partial charge in [0.1, 0.15) is 0 Å². The molecule has 24 heavy (non-hydrogen) atoms. The van der Waals surface area contributed by atoms with Gasteiger partial charge in [-0.25, -0.2) is 4.98 Å². The summed E-state index contributed by atoms with van der Waals surface area (Å²) < 4.78 is 1.30. The maximum absolute atomic E-state index is 4.90. The summed E-state index contributed by atoms with van der Waals surface area (Å²) in [6, 6.07) is 16.1. The molecule has 1 saturated heterocycles. The summed E-state index contributed by atoms with van der Waals surface area (Å²) in [6.07, 6.45) is 3.77. The van der Waals surface area contributed by atoms with E-state index in [9.17, 15) is 0 Å². The molecule has 1 aliphatic rings. The summed E-state index contributed by atoms with van der Waals surface area (Å²) in [5, 5.41) is 1.27. The largest absolute Gasteiger partial charge is 0.300 e. The van der Waals surface area contributed by atoms with Gasteiger partial charge in [0.2, 0.25) is 0 Å². The van der Waals surface area contributed by atoms with E-state index in [2.05, 4.69) is 61.2 Å². The number of fused-ring (bicyclic) bond motifs is 1. The van der Waals surface area contributed by atoms with Crippen LogP contribution in [0, 0.1) is 6.92 Å². The van der Waals surface area contributed by atoms with E-state index in [1.807, 2.05) is 11.3 Å². The van der Waals surface area contributed by atoms with E-state index in [1.165, 1.54) is 45.8 Å².